The van der Waals surface area contributed by atoms with Gasteiger partial charge in [-0.3, -0.25) is 9.59 Å². The summed E-state index contributed by atoms with van der Waals surface area (Å²) in [6.07, 6.45) is -0.960. The Balaban J connectivity index is 0.000000184. The van der Waals surface area contributed by atoms with Gasteiger partial charge in [-0.25, -0.2) is 13.6 Å². The number of alkyl halides is 3. The second kappa shape index (κ2) is 17.4. The number of urea groups is 1. The molecule has 300 valence electrons. The van der Waals surface area contributed by atoms with Crippen molar-refractivity contribution < 1.29 is 36.3 Å². The van der Waals surface area contributed by atoms with Crippen molar-refractivity contribution in [2.75, 3.05) is 10.6 Å². The van der Waals surface area contributed by atoms with E-state index in [1.165, 1.54) is 52.0 Å². The number of benzene rings is 3. The number of nitrogens with one attached hydrogen (secondary N) is 2. The highest BCUT2D eigenvalue weighted by atomic mass is 32.1. The number of fused-ring (bicyclic) bond motifs is 2. The van der Waals surface area contributed by atoms with Gasteiger partial charge < -0.3 is 30.9 Å². The molecule has 0 saturated carbocycles. The molecular weight excluding hydrogens is 792 g/mol. The Kier molecular flexibility index (Phi) is 12.2. The number of nitrogens with two attached hydrogens (primary N) is 2. The lowest BCUT2D eigenvalue weighted by Crippen LogP contribution is -2.18. The second-order valence-corrected chi connectivity index (χ2v) is 13.6. The first-order chi connectivity index (χ1) is 28.1. The molecule has 59 heavy (non-hydrogen) atoms. The molecule has 8 rings (SSSR count). The summed E-state index contributed by atoms with van der Waals surface area (Å²) in [5.74, 6) is -3.48. The van der Waals surface area contributed by atoms with E-state index in [1.54, 1.807) is 25.1 Å². The lowest BCUT2D eigenvalue weighted by molar-refractivity contribution is -0.137. The molecule has 4 amide bonds. The first-order valence-corrected chi connectivity index (χ1v) is 18.2. The maximum Gasteiger partial charge on any atom is 0.418 e. The SMILES string of the molecule is Cc1cc2ccccn2c1-c1ccc(NC(=O)c2snnc2C)cc1.NC(N)=O.O=C(Nc1ccc(-c2c(C(F)(F)F)cc3ccccn23)cc1)c1cccc(F)c1F. The van der Waals surface area contributed by atoms with Crippen molar-refractivity contribution in [2.24, 2.45) is 11.5 Å². The zero-order chi connectivity index (χ0) is 42.4. The first kappa shape index (κ1) is 41.2. The molecule has 11 nitrogen and oxygen atoms in total. The molecule has 0 spiro atoms. The molecule has 5 aromatic heterocycles. The van der Waals surface area contributed by atoms with E-state index in [-0.39, 0.29) is 22.9 Å². The van der Waals surface area contributed by atoms with Crippen molar-refractivity contribution in [3.05, 3.63) is 167 Å². The number of hydrogen-bond donors (Lipinski definition) is 4. The van der Waals surface area contributed by atoms with Gasteiger partial charge in [0.15, 0.2) is 11.6 Å². The average molecular weight is 825 g/mol. The summed E-state index contributed by atoms with van der Waals surface area (Å²) in [6, 6.07) is 30.1. The number of amides is 4. The van der Waals surface area contributed by atoms with Crippen LogP contribution in [0.5, 0.6) is 0 Å². The van der Waals surface area contributed by atoms with E-state index in [0.717, 1.165) is 46.7 Å². The third kappa shape index (κ3) is 9.43. The van der Waals surface area contributed by atoms with Gasteiger partial charge in [0.05, 0.1) is 28.2 Å². The summed E-state index contributed by atoms with van der Waals surface area (Å²) in [4.78, 5) is 34.0. The molecule has 0 aliphatic heterocycles. The number of aromatic nitrogens is 4. The van der Waals surface area contributed by atoms with E-state index in [9.17, 15) is 31.5 Å². The largest absolute Gasteiger partial charge is 0.418 e. The van der Waals surface area contributed by atoms with Crippen molar-refractivity contribution in [1.29, 1.82) is 0 Å². The van der Waals surface area contributed by atoms with Gasteiger partial charge in [-0.1, -0.05) is 47.0 Å². The lowest BCUT2D eigenvalue weighted by atomic mass is 10.1. The van der Waals surface area contributed by atoms with E-state index in [4.69, 9.17) is 4.79 Å². The minimum absolute atomic E-state index is 0.0350. The number of halogens is 5. The highest BCUT2D eigenvalue weighted by Gasteiger charge is 2.36. The van der Waals surface area contributed by atoms with Gasteiger partial charge >= 0.3 is 12.2 Å². The summed E-state index contributed by atoms with van der Waals surface area (Å²) < 4.78 is 75.1. The van der Waals surface area contributed by atoms with Crippen LogP contribution in [0.1, 0.15) is 36.9 Å². The Hall–Kier alpha value is -7.40. The predicted octanol–water partition coefficient (Wildman–Crippen LogP) is 9.51. The highest BCUT2D eigenvalue weighted by Crippen LogP contribution is 2.39. The number of rotatable bonds is 6. The molecule has 3 aromatic carbocycles. The molecule has 0 radical (unpaired) electrons. The van der Waals surface area contributed by atoms with Crippen LogP contribution in [0.4, 0.5) is 38.1 Å². The molecule has 5 heterocycles. The van der Waals surface area contributed by atoms with Crippen molar-refractivity contribution >= 4 is 51.8 Å². The normalized spacial score (nSPS) is 11.0. The molecular formula is C42H33F5N8O3S. The molecule has 17 heteroatoms. The zero-order valence-electron chi connectivity index (χ0n) is 31.1. The first-order valence-electron chi connectivity index (χ1n) is 17.5. The number of carbonyl (C=O) groups excluding carboxylic acids is 3. The van der Waals surface area contributed by atoms with Gasteiger partial charge in [-0.05, 0) is 115 Å². The Morgan fingerprint density at radius 1 is 0.678 bits per heavy atom. The van der Waals surface area contributed by atoms with Crippen LogP contribution in [0.25, 0.3) is 33.5 Å². The van der Waals surface area contributed by atoms with Gasteiger partial charge in [-0.2, -0.15) is 13.2 Å². The van der Waals surface area contributed by atoms with Gasteiger partial charge in [0.25, 0.3) is 11.8 Å². The molecule has 0 atom stereocenters. The fourth-order valence-electron chi connectivity index (χ4n) is 6.19. The molecule has 0 aliphatic rings. The number of nitrogens with zero attached hydrogens (tertiary/aromatic N) is 4. The maximum absolute atomic E-state index is 13.8. The fraction of sp³-hybridized carbons (Fsp3) is 0.0714. The third-order valence-corrected chi connectivity index (χ3v) is 9.57. The average Bonchev–Trinajstić information content (AvgIpc) is 3.91. The Bertz CT molecular complexity index is 2790. The summed E-state index contributed by atoms with van der Waals surface area (Å²) in [7, 11) is 0. The quantitative estimate of drug-likeness (QED) is 0.123. The minimum Gasteiger partial charge on any atom is -0.352 e. The smallest absolute Gasteiger partial charge is 0.352 e. The highest BCUT2D eigenvalue weighted by molar-refractivity contribution is 7.08. The van der Waals surface area contributed by atoms with Crippen LogP contribution in [0.2, 0.25) is 0 Å². The number of carbonyl (C=O) groups is 3. The molecule has 8 aromatic rings. The van der Waals surface area contributed by atoms with Gasteiger partial charge in [0.2, 0.25) is 0 Å². The summed E-state index contributed by atoms with van der Waals surface area (Å²) in [5, 5.41) is 9.17. The van der Waals surface area contributed by atoms with Crippen molar-refractivity contribution in [1.82, 2.24) is 18.4 Å². The summed E-state index contributed by atoms with van der Waals surface area (Å²) in [5.41, 5.74) is 14.2. The number of primary amides is 2. The van der Waals surface area contributed by atoms with Crippen LogP contribution in [-0.2, 0) is 6.18 Å². The molecule has 0 fully saturated rings. The molecule has 0 bridgehead atoms. The van der Waals surface area contributed by atoms with E-state index in [2.05, 4.69) is 61.3 Å². The monoisotopic (exact) mass is 824 g/mol. The summed E-state index contributed by atoms with van der Waals surface area (Å²) >= 11 is 1.10. The van der Waals surface area contributed by atoms with Crippen LogP contribution in [0, 0.1) is 25.5 Å². The van der Waals surface area contributed by atoms with Crippen molar-refractivity contribution in [3.63, 3.8) is 0 Å². The summed E-state index contributed by atoms with van der Waals surface area (Å²) in [6.45, 7) is 3.89. The van der Waals surface area contributed by atoms with Crippen molar-refractivity contribution in [2.45, 2.75) is 20.0 Å². The van der Waals surface area contributed by atoms with Crippen LogP contribution in [-0.4, -0.2) is 36.2 Å². The number of aryl methyl sites for hydroxylation is 2. The minimum atomic E-state index is -4.55. The molecule has 0 saturated heterocycles. The van der Waals surface area contributed by atoms with E-state index >= 15 is 0 Å². The zero-order valence-corrected chi connectivity index (χ0v) is 31.9. The Morgan fingerprint density at radius 3 is 1.75 bits per heavy atom. The fourth-order valence-corrected chi connectivity index (χ4v) is 6.74. The van der Waals surface area contributed by atoms with E-state index in [0.29, 0.717) is 16.1 Å². The third-order valence-electron chi connectivity index (χ3n) is 8.74. The number of anilines is 2. The number of pyridine rings is 2. The van der Waals surface area contributed by atoms with Crippen LogP contribution in [0.15, 0.2) is 128 Å². The predicted molar refractivity (Wildman–Crippen MR) is 216 cm³/mol. The van der Waals surface area contributed by atoms with Gasteiger partial charge in [-0.15, -0.1) is 5.10 Å². The number of hydrogen-bond acceptors (Lipinski definition) is 6. The van der Waals surface area contributed by atoms with E-state index in [1.807, 2.05) is 36.4 Å². The molecule has 0 aliphatic carbocycles. The maximum atomic E-state index is 13.8. The topological polar surface area (TPSA) is 162 Å². The van der Waals surface area contributed by atoms with Gasteiger partial charge in [0, 0.05) is 34.8 Å². The van der Waals surface area contributed by atoms with Crippen molar-refractivity contribution in [3.8, 4) is 22.5 Å². The molecule has 0 unspecified atom stereocenters. The van der Waals surface area contributed by atoms with Crippen LogP contribution >= 0.6 is 11.5 Å². The standard InChI is InChI=1S/C22H13F5N2O.C19H16N4OS.CH4N2O/c23-18-6-3-5-16(19(18)24)21(30)28-14-9-7-13(8-10-14)20-17(22(25,26)27)12-15-4-1-2-11-29(15)20;1-12-11-16-5-3-4-10-23(16)17(12)14-6-8-15(9-7-14)20-19(24)18-13(2)21-22-25-18;2-1(3)4/h1-12H,(H,28,30);3-11H,1-2H3,(H,20,24);(H4,2,3,4). The Morgan fingerprint density at radius 2 is 1.20 bits per heavy atom. The lowest BCUT2D eigenvalue weighted by Gasteiger charge is -2.11. The van der Waals surface area contributed by atoms with E-state index < -0.39 is 40.9 Å². The van der Waals surface area contributed by atoms with Crippen LogP contribution in [0.3, 0.4) is 0 Å². The Labute approximate surface area is 336 Å². The molecule has 6 N–H and O–H groups in total. The second-order valence-electron chi connectivity index (χ2n) is 12.8. The van der Waals surface area contributed by atoms with Gasteiger partial charge in [0.1, 0.15) is 4.88 Å². The van der Waals surface area contributed by atoms with Crippen LogP contribution < -0.4 is 22.1 Å².